The van der Waals surface area contributed by atoms with E-state index in [0.717, 1.165) is 70.6 Å². The molecule has 0 spiro atoms. The number of phosphoric acid groups is 1. The van der Waals surface area contributed by atoms with Crippen LogP contribution in [0.3, 0.4) is 0 Å². The Kier molecular flexibility index (Phi) is 34.9. The number of esters is 2. The highest BCUT2D eigenvalue weighted by atomic mass is 31.2. The number of allylic oxidation sites excluding steroid dienone is 10. The molecule has 0 radical (unpaired) electrons. The third kappa shape index (κ3) is 38.6. The molecule has 288 valence electrons. The number of hydrogen-bond donors (Lipinski definition) is 2. The Balaban J connectivity index is 4.05. The monoisotopic (exact) mass is 722 g/mol. The van der Waals surface area contributed by atoms with E-state index >= 15 is 0 Å². The summed E-state index contributed by atoms with van der Waals surface area (Å²) in [6.07, 6.45) is 45.1. The van der Waals surface area contributed by atoms with Gasteiger partial charge in [-0.15, -0.1) is 0 Å². The summed E-state index contributed by atoms with van der Waals surface area (Å²) in [5, 5.41) is 0. The molecule has 0 fully saturated rings. The van der Waals surface area contributed by atoms with Crippen LogP contribution in [-0.4, -0.2) is 41.0 Å². The minimum Gasteiger partial charge on any atom is -0.462 e. The molecule has 0 aromatic heterocycles. The van der Waals surface area contributed by atoms with Gasteiger partial charge in [0.25, 0.3) is 0 Å². The van der Waals surface area contributed by atoms with Crippen molar-refractivity contribution in [2.75, 3.05) is 13.2 Å². The van der Waals surface area contributed by atoms with E-state index in [0.29, 0.717) is 12.8 Å². The number of rotatable bonds is 35. The van der Waals surface area contributed by atoms with Gasteiger partial charge in [0.1, 0.15) is 6.61 Å². The van der Waals surface area contributed by atoms with Crippen LogP contribution in [-0.2, 0) is 28.2 Å². The first-order chi connectivity index (χ1) is 24.3. The Bertz CT molecular complexity index is 995. The molecule has 0 aliphatic carbocycles. The zero-order valence-corrected chi connectivity index (χ0v) is 32.4. The minimum absolute atomic E-state index is 0.182. The Morgan fingerprint density at radius 2 is 0.940 bits per heavy atom. The van der Waals surface area contributed by atoms with E-state index in [4.69, 9.17) is 19.3 Å². The highest BCUT2D eigenvalue weighted by molar-refractivity contribution is 7.46. The number of ether oxygens (including phenoxy) is 2. The molecule has 0 aliphatic heterocycles. The lowest BCUT2D eigenvalue weighted by Gasteiger charge is -2.18. The number of carbonyl (C=O) groups excluding carboxylic acids is 2. The maximum absolute atomic E-state index is 12.4. The number of unbranched alkanes of at least 4 members (excludes halogenated alkanes) is 15. The Morgan fingerprint density at radius 1 is 0.520 bits per heavy atom. The molecular weight excluding hydrogens is 651 g/mol. The van der Waals surface area contributed by atoms with Crippen LogP contribution in [0.1, 0.15) is 168 Å². The second kappa shape index (κ2) is 36.5. The third-order valence-electron chi connectivity index (χ3n) is 7.99. The zero-order chi connectivity index (χ0) is 36.8. The van der Waals surface area contributed by atoms with E-state index in [1.165, 1.54) is 57.8 Å². The van der Waals surface area contributed by atoms with Gasteiger partial charge in [0.15, 0.2) is 6.10 Å². The van der Waals surface area contributed by atoms with E-state index in [2.05, 4.69) is 79.1 Å². The highest BCUT2D eigenvalue weighted by Gasteiger charge is 2.22. The topological polar surface area (TPSA) is 119 Å². The Hall–Kier alpha value is -2.25. The Morgan fingerprint density at radius 3 is 1.44 bits per heavy atom. The molecule has 0 aliphatic rings. The number of phosphoric ester groups is 1. The molecule has 0 unspecified atom stereocenters. The maximum atomic E-state index is 12.4. The fourth-order valence-corrected chi connectivity index (χ4v) is 5.42. The van der Waals surface area contributed by atoms with Crippen molar-refractivity contribution in [2.45, 2.75) is 174 Å². The molecule has 2 N–H and O–H groups in total. The first-order valence-corrected chi connectivity index (χ1v) is 21.1. The Labute approximate surface area is 305 Å². The molecule has 8 nitrogen and oxygen atoms in total. The van der Waals surface area contributed by atoms with Crippen LogP contribution in [0.4, 0.5) is 0 Å². The van der Waals surface area contributed by atoms with Crippen LogP contribution in [0, 0.1) is 0 Å². The average Bonchev–Trinajstić information content (AvgIpc) is 3.08. The predicted octanol–water partition coefficient (Wildman–Crippen LogP) is 11.7. The minimum atomic E-state index is -4.76. The first-order valence-electron chi connectivity index (χ1n) is 19.6. The van der Waals surface area contributed by atoms with Crippen molar-refractivity contribution < 1.29 is 37.9 Å². The van der Waals surface area contributed by atoms with E-state index in [1.807, 2.05) is 0 Å². The summed E-state index contributed by atoms with van der Waals surface area (Å²) in [7, 11) is -4.76. The lowest BCUT2D eigenvalue weighted by Crippen LogP contribution is -2.29. The molecule has 0 saturated carbocycles. The summed E-state index contributed by atoms with van der Waals surface area (Å²) < 4.78 is 26.3. The number of hydrogen-bond acceptors (Lipinski definition) is 6. The normalized spacial score (nSPS) is 13.1. The van der Waals surface area contributed by atoms with Gasteiger partial charge in [0, 0.05) is 12.8 Å². The summed E-state index contributed by atoms with van der Waals surface area (Å²) in [4.78, 5) is 42.7. The molecule has 0 saturated heterocycles. The fraction of sp³-hybridized carbons (Fsp3) is 0.707. The standard InChI is InChI=1S/C41H71O8P/c1-3-5-7-9-11-13-15-17-19-20-22-23-25-27-29-31-33-35-40(42)47-37-39(38-48-50(44,45)46)49-41(43)36-34-32-30-28-26-24-21-18-16-14-12-10-8-6-4-2/h7,9,13,15,19-20,23-26,39H,3-6,8,10-12,14,16-18,21-22,27-38H2,1-2H3,(H2,44,45,46)/b9-7+,15-13+,20-19+,25-23+,26-24+/t39-/m1/s1. The van der Waals surface area contributed by atoms with Gasteiger partial charge < -0.3 is 19.3 Å². The largest absolute Gasteiger partial charge is 0.469 e. The summed E-state index contributed by atoms with van der Waals surface area (Å²) in [6, 6.07) is 0. The van der Waals surface area contributed by atoms with Crippen LogP contribution in [0.2, 0.25) is 0 Å². The van der Waals surface area contributed by atoms with Crippen LogP contribution in [0.5, 0.6) is 0 Å². The van der Waals surface area contributed by atoms with Gasteiger partial charge in [-0.1, -0.05) is 139 Å². The SMILES string of the molecule is CCC/C=C/C/C=C/C/C=C/C/C=C/CCCCCC(=O)OC[C@H](COP(=O)(O)O)OC(=O)CCCCC/C=C/CCCCCCCCCC. The van der Waals surface area contributed by atoms with Gasteiger partial charge in [-0.2, -0.15) is 0 Å². The van der Waals surface area contributed by atoms with Crippen LogP contribution < -0.4 is 0 Å². The molecule has 0 amide bonds. The molecule has 50 heavy (non-hydrogen) atoms. The van der Waals surface area contributed by atoms with Crippen molar-refractivity contribution in [2.24, 2.45) is 0 Å². The molecule has 0 aromatic rings. The van der Waals surface area contributed by atoms with E-state index < -0.39 is 32.5 Å². The van der Waals surface area contributed by atoms with Gasteiger partial charge in [-0.3, -0.25) is 14.1 Å². The van der Waals surface area contributed by atoms with Crippen molar-refractivity contribution in [3.05, 3.63) is 60.8 Å². The zero-order valence-electron chi connectivity index (χ0n) is 31.5. The van der Waals surface area contributed by atoms with Gasteiger partial charge in [0.2, 0.25) is 0 Å². The van der Waals surface area contributed by atoms with Crippen LogP contribution in [0.25, 0.3) is 0 Å². The quantitative estimate of drug-likeness (QED) is 0.0287. The predicted molar refractivity (Wildman–Crippen MR) is 207 cm³/mol. The van der Waals surface area contributed by atoms with Crippen molar-refractivity contribution in [1.82, 2.24) is 0 Å². The van der Waals surface area contributed by atoms with Gasteiger partial charge in [-0.25, -0.2) is 4.57 Å². The molecule has 9 heteroatoms. The molecule has 0 heterocycles. The van der Waals surface area contributed by atoms with Crippen molar-refractivity contribution in [3.63, 3.8) is 0 Å². The van der Waals surface area contributed by atoms with E-state index in [1.54, 1.807) is 0 Å². The average molecular weight is 723 g/mol. The van der Waals surface area contributed by atoms with Crippen molar-refractivity contribution in [1.29, 1.82) is 0 Å². The lowest BCUT2D eigenvalue weighted by atomic mass is 10.1. The van der Waals surface area contributed by atoms with Crippen LogP contribution >= 0.6 is 7.82 Å². The van der Waals surface area contributed by atoms with E-state index in [-0.39, 0.29) is 19.4 Å². The van der Waals surface area contributed by atoms with Gasteiger partial charge in [0.05, 0.1) is 6.61 Å². The molecule has 0 rings (SSSR count). The summed E-state index contributed by atoms with van der Waals surface area (Å²) >= 11 is 0. The van der Waals surface area contributed by atoms with E-state index in [9.17, 15) is 14.2 Å². The second-order valence-corrected chi connectivity index (χ2v) is 14.1. The summed E-state index contributed by atoms with van der Waals surface area (Å²) in [5.41, 5.74) is 0. The first kappa shape index (κ1) is 47.8. The van der Waals surface area contributed by atoms with Gasteiger partial charge >= 0.3 is 19.8 Å². The smallest absolute Gasteiger partial charge is 0.462 e. The summed E-state index contributed by atoms with van der Waals surface area (Å²) in [5.74, 6) is -0.943. The lowest BCUT2D eigenvalue weighted by molar-refractivity contribution is -0.161. The molecular formula is C41H71O8P. The second-order valence-electron chi connectivity index (χ2n) is 12.9. The molecule has 0 bridgehead atoms. The van der Waals surface area contributed by atoms with Crippen LogP contribution in [0.15, 0.2) is 60.8 Å². The maximum Gasteiger partial charge on any atom is 0.469 e. The summed E-state index contributed by atoms with van der Waals surface area (Å²) in [6.45, 7) is 3.56. The number of carbonyl (C=O) groups is 2. The molecule has 1 atom stereocenters. The van der Waals surface area contributed by atoms with Crippen molar-refractivity contribution >= 4 is 19.8 Å². The fourth-order valence-electron chi connectivity index (χ4n) is 5.06. The third-order valence-corrected chi connectivity index (χ3v) is 8.48. The molecule has 0 aromatic carbocycles. The highest BCUT2D eigenvalue weighted by Crippen LogP contribution is 2.36. The van der Waals surface area contributed by atoms with Crippen molar-refractivity contribution in [3.8, 4) is 0 Å². The van der Waals surface area contributed by atoms with Gasteiger partial charge in [-0.05, 0) is 77.0 Å².